The molecule has 5 nitrogen and oxygen atoms in total. The molecule has 0 bridgehead atoms. The van der Waals surface area contributed by atoms with Crippen LogP contribution in [-0.4, -0.2) is 58.7 Å². The van der Waals surface area contributed by atoms with E-state index in [4.69, 9.17) is 4.74 Å². The van der Waals surface area contributed by atoms with Crippen LogP contribution in [-0.2, 0) is 5.60 Å². The van der Waals surface area contributed by atoms with Crippen LogP contribution >= 0.6 is 11.8 Å². The highest BCUT2D eigenvalue weighted by Crippen LogP contribution is 2.36. The van der Waals surface area contributed by atoms with E-state index in [9.17, 15) is 10.2 Å². The summed E-state index contributed by atoms with van der Waals surface area (Å²) in [5.74, 6) is 0.813. The predicted molar refractivity (Wildman–Crippen MR) is 126 cm³/mol. The van der Waals surface area contributed by atoms with Gasteiger partial charge in [0.05, 0.1) is 5.60 Å². The van der Waals surface area contributed by atoms with Crippen molar-refractivity contribution in [3.05, 3.63) is 66.0 Å². The van der Waals surface area contributed by atoms with Gasteiger partial charge >= 0.3 is 0 Å². The minimum Gasteiger partial charge on any atom is -0.491 e. The Bertz CT molecular complexity index is 1030. The molecule has 1 fully saturated rings. The molecule has 31 heavy (non-hydrogen) atoms. The van der Waals surface area contributed by atoms with Gasteiger partial charge in [0.1, 0.15) is 18.5 Å². The Morgan fingerprint density at radius 3 is 2.68 bits per heavy atom. The zero-order valence-corrected chi connectivity index (χ0v) is 18.9. The lowest BCUT2D eigenvalue weighted by atomic mass is 9.83. The number of aromatic nitrogens is 1. The van der Waals surface area contributed by atoms with Crippen LogP contribution in [0.3, 0.4) is 0 Å². The van der Waals surface area contributed by atoms with Crippen LogP contribution in [0, 0.1) is 6.92 Å². The highest BCUT2D eigenvalue weighted by atomic mass is 32.2. The van der Waals surface area contributed by atoms with Crippen molar-refractivity contribution < 1.29 is 14.9 Å². The molecule has 0 spiro atoms. The van der Waals surface area contributed by atoms with Crippen molar-refractivity contribution >= 4 is 22.5 Å². The zero-order chi connectivity index (χ0) is 21.8. The van der Waals surface area contributed by atoms with Crippen molar-refractivity contribution in [2.24, 2.45) is 0 Å². The maximum Gasteiger partial charge on any atom is 0.122 e. The third-order valence-corrected chi connectivity index (χ3v) is 6.86. The Morgan fingerprint density at radius 2 is 1.94 bits per heavy atom. The number of benzene rings is 2. The standard InChI is InChI=1S/C25H30N2O3S/c1-18-13-21(31-2)7-8-24(18)30-17-20(28)16-27-11-9-25(29,10-12-27)23-15-26-14-19-5-3-4-6-22(19)23/h3-8,13-15,20,28-29H,9-12,16-17H2,1-2H3/t20-/m1/s1. The molecule has 0 amide bonds. The number of aryl methyl sites for hydroxylation is 1. The van der Waals surface area contributed by atoms with Gasteiger partial charge in [0.2, 0.25) is 0 Å². The van der Waals surface area contributed by atoms with E-state index in [0.29, 0.717) is 19.4 Å². The van der Waals surface area contributed by atoms with Gasteiger partial charge in [-0.3, -0.25) is 4.98 Å². The normalized spacial score (nSPS) is 17.5. The van der Waals surface area contributed by atoms with Crippen LogP contribution in [0.5, 0.6) is 5.75 Å². The Balaban J connectivity index is 1.32. The van der Waals surface area contributed by atoms with E-state index in [1.165, 1.54) is 4.90 Å². The van der Waals surface area contributed by atoms with Gasteiger partial charge in [-0.2, -0.15) is 0 Å². The number of aliphatic hydroxyl groups is 2. The number of pyridine rings is 1. The molecule has 6 heteroatoms. The number of hydrogen-bond donors (Lipinski definition) is 2. The summed E-state index contributed by atoms with van der Waals surface area (Å²) in [5, 5.41) is 24.0. The predicted octanol–water partition coefficient (Wildman–Crippen LogP) is 3.99. The number of ether oxygens (including phenoxy) is 1. The fourth-order valence-electron chi connectivity index (χ4n) is 4.31. The molecule has 0 saturated carbocycles. The number of aliphatic hydroxyl groups excluding tert-OH is 1. The van der Waals surface area contributed by atoms with Gasteiger partial charge in [-0.25, -0.2) is 0 Å². The van der Waals surface area contributed by atoms with E-state index in [1.807, 2.05) is 49.5 Å². The van der Waals surface area contributed by atoms with Gasteiger partial charge in [-0.1, -0.05) is 24.3 Å². The van der Waals surface area contributed by atoms with Gasteiger partial charge in [0, 0.05) is 47.9 Å². The first kappa shape index (κ1) is 22.1. The molecule has 164 valence electrons. The molecule has 1 aliphatic rings. The number of fused-ring (bicyclic) bond motifs is 1. The first-order chi connectivity index (χ1) is 15.0. The topological polar surface area (TPSA) is 65.8 Å². The molecule has 0 unspecified atom stereocenters. The molecule has 2 aromatic carbocycles. The number of β-amino-alcohol motifs (C(OH)–C–C–N with tert-alkyl or cyclic N) is 1. The lowest BCUT2D eigenvalue weighted by Crippen LogP contribution is -2.46. The minimum absolute atomic E-state index is 0.257. The second-order valence-electron chi connectivity index (χ2n) is 8.34. The fourth-order valence-corrected chi connectivity index (χ4v) is 4.81. The van der Waals surface area contributed by atoms with E-state index >= 15 is 0 Å². The minimum atomic E-state index is -0.887. The average molecular weight is 439 g/mol. The van der Waals surface area contributed by atoms with Crippen molar-refractivity contribution in [3.8, 4) is 5.75 Å². The molecule has 3 aromatic rings. The van der Waals surface area contributed by atoms with Crippen molar-refractivity contribution in [2.75, 3.05) is 32.5 Å². The zero-order valence-electron chi connectivity index (χ0n) is 18.1. The summed E-state index contributed by atoms with van der Waals surface area (Å²) < 4.78 is 5.85. The number of hydrogen-bond acceptors (Lipinski definition) is 6. The summed E-state index contributed by atoms with van der Waals surface area (Å²) in [6.45, 7) is 4.25. The summed E-state index contributed by atoms with van der Waals surface area (Å²) in [6.07, 6.45) is 6.34. The van der Waals surface area contributed by atoms with Gasteiger partial charge in [-0.15, -0.1) is 11.8 Å². The maximum atomic E-state index is 11.4. The molecule has 1 aromatic heterocycles. The number of rotatable bonds is 7. The Hall–Kier alpha value is -2.12. The van der Waals surface area contributed by atoms with Crippen molar-refractivity contribution in [1.82, 2.24) is 9.88 Å². The summed E-state index contributed by atoms with van der Waals surface area (Å²) in [7, 11) is 0. The number of thioether (sulfide) groups is 1. The van der Waals surface area contributed by atoms with Gasteiger partial charge < -0.3 is 19.8 Å². The molecule has 1 aliphatic heterocycles. The lowest BCUT2D eigenvalue weighted by molar-refractivity contribution is -0.0364. The number of likely N-dealkylation sites (tertiary alicyclic amines) is 1. The third kappa shape index (κ3) is 5.04. The smallest absolute Gasteiger partial charge is 0.122 e. The van der Waals surface area contributed by atoms with E-state index in [2.05, 4.69) is 22.2 Å². The highest BCUT2D eigenvalue weighted by molar-refractivity contribution is 7.98. The lowest BCUT2D eigenvalue weighted by Gasteiger charge is -2.39. The van der Waals surface area contributed by atoms with Crippen LogP contribution in [0.25, 0.3) is 10.8 Å². The summed E-state index contributed by atoms with van der Waals surface area (Å²) in [6, 6.07) is 14.2. The molecule has 1 atom stereocenters. The van der Waals surface area contributed by atoms with Gasteiger partial charge in [0.25, 0.3) is 0 Å². The molecule has 4 rings (SSSR count). The first-order valence-electron chi connectivity index (χ1n) is 10.7. The van der Waals surface area contributed by atoms with Crippen LogP contribution in [0.1, 0.15) is 24.0 Å². The second-order valence-corrected chi connectivity index (χ2v) is 9.22. The van der Waals surface area contributed by atoms with Crippen LogP contribution in [0.4, 0.5) is 0 Å². The van der Waals surface area contributed by atoms with Gasteiger partial charge in [0.15, 0.2) is 0 Å². The van der Waals surface area contributed by atoms with Crippen LogP contribution in [0.2, 0.25) is 0 Å². The Kier molecular flexibility index (Phi) is 6.82. The molecular weight excluding hydrogens is 408 g/mol. The van der Waals surface area contributed by atoms with Crippen LogP contribution in [0.15, 0.2) is 59.8 Å². The monoisotopic (exact) mass is 438 g/mol. The quantitative estimate of drug-likeness (QED) is 0.544. The summed E-state index contributed by atoms with van der Waals surface area (Å²) >= 11 is 1.70. The largest absolute Gasteiger partial charge is 0.491 e. The van der Waals surface area contributed by atoms with E-state index in [0.717, 1.165) is 40.7 Å². The van der Waals surface area contributed by atoms with Crippen molar-refractivity contribution in [3.63, 3.8) is 0 Å². The SMILES string of the molecule is CSc1ccc(OC[C@H](O)CN2CCC(O)(c3cncc4ccccc34)CC2)c(C)c1. The maximum absolute atomic E-state index is 11.4. The molecule has 1 saturated heterocycles. The first-order valence-corrected chi connectivity index (χ1v) is 11.9. The molecule has 0 aliphatic carbocycles. The second kappa shape index (κ2) is 9.57. The third-order valence-electron chi connectivity index (χ3n) is 6.14. The molecule has 2 N–H and O–H groups in total. The summed E-state index contributed by atoms with van der Waals surface area (Å²) in [4.78, 5) is 7.74. The Morgan fingerprint density at radius 1 is 1.16 bits per heavy atom. The molecular formula is C25H30N2O3S. The molecule has 0 radical (unpaired) electrons. The fraction of sp³-hybridized carbons (Fsp3) is 0.400. The van der Waals surface area contributed by atoms with E-state index in [1.54, 1.807) is 18.0 Å². The highest BCUT2D eigenvalue weighted by Gasteiger charge is 2.35. The number of piperidine rings is 1. The van der Waals surface area contributed by atoms with Crippen molar-refractivity contribution in [2.45, 2.75) is 36.4 Å². The number of nitrogens with zero attached hydrogens (tertiary/aromatic N) is 2. The van der Waals surface area contributed by atoms with E-state index in [-0.39, 0.29) is 6.61 Å². The average Bonchev–Trinajstić information content (AvgIpc) is 2.79. The Labute approximate surface area is 188 Å². The van der Waals surface area contributed by atoms with Crippen LogP contribution < -0.4 is 4.74 Å². The molecule has 2 heterocycles. The van der Waals surface area contributed by atoms with Crippen molar-refractivity contribution in [1.29, 1.82) is 0 Å². The van der Waals surface area contributed by atoms with E-state index < -0.39 is 11.7 Å². The summed E-state index contributed by atoms with van der Waals surface area (Å²) in [5.41, 5.74) is 1.09. The van der Waals surface area contributed by atoms with Gasteiger partial charge in [-0.05, 0) is 55.2 Å².